The summed E-state index contributed by atoms with van der Waals surface area (Å²) in [6.07, 6.45) is 1.02. The molecule has 5 nitrogen and oxygen atoms in total. The van der Waals surface area contributed by atoms with Crippen molar-refractivity contribution in [1.82, 2.24) is 5.32 Å². The largest absolute Gasteiger partial charge is 0.381 e. The first-order chi connectivity index (χ1) is 8.66. The van der Waals surface area contributed by atoms with Gasteiger partial charge in [0.25, 0.3) is 5.69 Å². The summed E-state index contributed by atoms with van der Waals surface area (Å²) in [6.45, 7) is 4.53. The Kier molecular flexibility index (Phi) is 4.28. The summed E-state index contributed by atoms with van der Waals surface area (Å²) >= 11 is 0. The number of rotatable bonds is 4. The van der Waals surface area contributed by atoms with Crippen molar-refractivity contribution in [3.05, 3.63) is 39.9 Å². The second-order valence-corrected chi connectivity index (χ2v) is 4.75. The van der Waals surface area contributed by atoms with Crippen molar-refractivity contribution in [2.24, 2.45) is 5.92 Å². The fourth-order valence-electron chi connectivity index (χ4n) is 2.17. The van der Waals surface area contributed by atoms with Crippen LogP contribution in [-0.2, 0) is 11.3 Å². The van der Waals surface area contributed by atoms with Crippen molar-refractivity contribution in [2.45, 2.75) is 25.9 Å². The summed E-state index contributed by atoms with van der Waals surface area (Å²) in [4.78, 5) is 10.2. The molecule has 1 aliphatic rings. The third-order valence-corrected chi connectivity index (χ3v) is 3.36. The number of non-ortho nitro benzene ring substituents is 1. The Balaban J connectivity index is 1.87. The van der Waals surface area contributed by atoms with Gasteiger partial charge in [-0.2, -0.15) is 0 Å². The fraction of sp³-hybridized carbons (Fsp3) is 0.538. The second kappa shape index (κ2) is 5.93. The Hall–Kier alpha value is -1.46. The Morgan fingerprint density at radius 2 is 2.17 bits per heavy atom. The number of nitrogens with one attached hydrogen (secondary N) is 1. The van der Waals surface area contributed by atoms with Gasteiger partial charge in [-0.25, -0.2) is 0 Å². The van der Waals surface area contributed by atoms with Crippen LogP contribution in [-0.4, -0.2) is 24.2 Å². The number of nitro benzene ring substituents is 1. The molecule has 0 amide bonds. The van der Waals surface area contributed by atoms with Gasteiger partial charge in [-0.05, 0) is 17.9 Å². The molecule has 0 radical (unpaired) electrons. The zero-order valence-corrected chi connectivity index (χ0v) is 10.5. The molecule has 0 aliphatic carbocycles. The first kappa shape index (κ1) is 13.0. The van der Waals surface area contributed by atoms with Crippen LogP contribution in [0, 0.1) is 16.0 Å². The van der Waals surface area contributed by atoms with Gasteiger partial charge in [-0.15, -0.1) is 0 Å². The van der Waals surface area contributed by atoms with Gasteiger partial charge < -0.3 is 10.1 Å². The van der Waals surface area contributed by atoms with Crippen molar-refractivity contribution in [3.63, 3.8) is 0 Å². The van der Waals surface area contributed by atoms with Crippen LogP contribution in [0.1, 0.15) is 18.9 Å². The zero-order valence-electron chi connectivity index (χ0n) is 10.5. The van der Waals surface area contributed by atoms with Gasteiger partial charge >= 0.3 is 0 Å². The quantitative estimate of drug-likeness (QED) is 0.656. The Bertz CT molecular complexity index is 405. The van der Waals surface area contributed by atoms with Gasteiger partial charge in [0.1, 0.15) is 0 Å². The van der Waals surface area contributed by atoms with E-state index in [4.69, 9.17) is 4.74 Å². The van der Waals surface area contributed by atoms with Gasteiger partial charge in [-0.1, -0.05) is 19.1 Å². The molecule has 2 rings (SSSR count). The van der Waals surface area contributed by atoms with Crippen molar-refractivity contribution in [2.75, 3.05) is 13.2 Å². The standard InChI is InChI=1S/C13H18N2O3/c1-10-9-18-7-6-13(10)14-8-11-2-4-12(5-3-11)15(16)17/h2-5,10,13-14H,6-9H2,1H3. The molecule has 1 aromatic carbocycles. The molecular formula is C13H18N2O3. The minimum Gasteiger partial charge on any atom is -0.381 e. The summed E-state index contributed by atoms with van der Waals surface area (Å²) in [7, 11) is 0. The minimum atomic E-state index is -0.377. The molecule has 0 aromatic heterocycles. The number of nitrogens with zero attached hydrogens (tertiary/aromatic N) is 1. The topological polar surface area (TPSA) is 64.4 Å². The van der Waals surface area contributed by atoms with E-state index in [9.17, 15) is 10.1 Å². The Morgan fingerprint density at radius 3 is 2.78 bits per heavy atom. The smallest absolute Gasteiger partial charge is 0.269 e. The van der Waals surface area contributed by atoms with Crippen LogP contribution in [0.5, 0.6) is 0 Å². The van der Waals surface area contributed by atoms with Crippen LogP contribution >= 0.6 is 0 Å². The lowest BCUT2D eigenvalue weighted by Crippen LogP contribution is -2.40. The van der Waals surface area contributed by atoms with E-state index < -0.39 is 0 Å². The first-order valence-corrected chi connectivity index (χ1v) is 6.21. The van der Waals surface area contributed by atoms with Crippen molar-refractivity contribution in [1.29, 1.82) is 0 Å². The molecule has 1 heterocycles. The molecule has 0 spiro atoms. The fourth-order valence-corrected chi connectivity index (χ4v) is 2.17. The summed E-state index contributed by atoms with van der Waals surface area (Å²) in [5, 5.41) is 14.0. The number of nitro groups is 1. The summed E-state index contributed by atoms with van der Waals surface area (Å²) in [5.41, 5.74) is 1.21. The van der Waals surface area contributed by atoms with E-state index in [1.807, 2.05) is 0 Å². The molecule has 1 N–H and O–H groups in total. The minimum absolute atomic E-state index is 0.137. The molecular weight excluding hydrogens is 232 g/mol. The van der Waals surface area contributed by atoms with Gasteiger partial charge in [-0.3, -0.25) is 10.1 Å². The highest BCUT2D eigenvalue weighted by Gasteiger charge is 2.20. The molecule has 98 valence electrons. The average molecular weight is 250 g/mol. The normalized spacial score (nSPS) is 23.8. The molecule has 2 unspecified atom stereocenters. The van der Waals surface area contributed by atoms with E-state index in [-0.39, 0.29) is 10.6 Å². The van der Waals surface area contributed by atoms with Crippen molar-refractivity contribution >= 4 is 5.69 Å². The van der Waals surface area contributed by atoms with Crippen LogP contribution in [0.4, 0.5) is 5.69 Å². The maximum Gasteiger partial charge on any atom is 0.269 e. The zero-order chi connectivity index (χ0) is 13.0. The van der Waals surface area contributed by atoms with E-state index >= 15 is 0 Å². The Labute approximate surface area is 106 Å². The van der Waals surface area contributed by atoms with E-state index in [1.165, 1.54) is 0 Å². The molecule has 0 bridgehead atoms. The van der Waals surface area contributed by atoms with Gasteiger partial charge in [0, 0.05) is 31.3 Å². The monoisotopic (exact) mass is 250 g/mol. The third kappa shape index (κ3) is 3.27. The molecule has 1 aliphatic heterocycles. The summed E-state index contributed by atoms with van der Waals surface area (Å²) in [5.74, 6) is 0.511. The van der Waals surface area contributed by atoms with Crippen LogP contribution < -0.4 is 5.32 Å². The van der Waals surface area contributed by atoms with Gasteiger partial charge in [0.05, 0.1) is 11.5 Å². The van der Waals surface area contributed by atoms with Gasteiger partial charge in [0.15, 0.2) is 0 Å². The molecule has 1 aromatic rings. The molecule has 0 saturated carbocycles. The molecule has 5 heteroatoms. The predicted molar refractivity (Wildman–Crippen MR) is 68.3 cm³/mol. The predicted octanol–water partition coefficient (Wildman–Crippen LogP) is 2.11. The lowest BCUT2D eigenvalue weighted by Gasteiger charge is -2.29. The summed E-state index contributed by atoms with van der Waals surface area (Å²) in [6, 6.07) is 7.16. The first-order valence-electron chi connectivity index (χ1n) is 6.21. The van der Waals surface area contributed by atoms with Crippen LogP contribution in [0.15, 0.2) is 24.3 Å². The van der Waals surface area contributed by atoms with E-state index in [0.717, 1.165) is 31.7 Å². The average Bonchev–Trinajstić information content (AvgIpc) is 2.38. The number of hydrogen-bond donors (Lipinski definition) is 1. The number of benzene rings is 1. The SMILES string of the molecule is CC1COCCC1NCc1ccc([N+](=O)[O-])cc1. The van der Waals surface area contributed by atoms with Gasteiger partial charge in [0.2, 0.25) is 0 Å². The maximum absolute atomic E-state index is 10.5. The number of hydrogen-bond acceptors (Lipinski definition) is 4. The molecule has 1 fully saturated rings. The maximum atomic E-state index is 10.5. The van der Waals surface area contributed by atoms with E-state index in [2.05, 4.69) is 12.2 Å². The highest BCUT2D eigenvalue weighted by molar-refractivity contribution is 5.32. The van der Waals surface area contributed by atoms with E-state index in [1.54, 1.807) is 24.3 Å². The second-order valence-electron chi connectivity index (χ2n) is 4.75. The number of ether oxygens (including phenoxy) is 1. The summed E-state index contributed by atoms with van der Waals surface area (Å²) < 4.78 is 5.39. The lowest BCUT2D eigenvalue weighted by molar-refractivity contribution is -0.384. The lowest BCUT2D eigenvalue weighted by atomic mass is 9.97. The third-order valence-electron chi connectivity index (χ3n) is 3.36. The van der Waals surface area contributed by atoms with E-state index in [0.29, 0.717) is 12.0 Å². The van der Waals surface area contributed by atoms with Crippen molar-refractivity contribution < 1.29 is 9.66 Å². The molecule has 1 saturated heterocycles. The van der Waals surface area contributed by atoms with Crippen molar-refractivity contribution in [3.8, 4) is 0 Å². The highest BCUT2D eigenvalue weighted by atomic mass is 16.6. The Morgan fingerprint density at radius 1 is 1.44 bits per heavy atom. The van der Waals surface area contributed by atoms with Crippen LogP contribution in [0.2, 0.25) is 0 Å². The van der Waals surface area contributed by atoms with Crippen LogP contribution in [0.3, 0.4) is 0 Å². The molecule has 18 heavy (non-hydrogen) atoms. The molecule has 2 atom stereocenters. The highest BCUT2D eigenvalue weighted by Crippen LogP contribution is 2.16. The van der Waals surface area contributed by atoms with Crippen LogP contribution in [0.25, 0.3) is 0 Å².